The lowest BCUT2D eigenvalue weighted by atomic mass is 10.1. The SMILES string of the molecule is Cc1cc(C)cc(NC(N)=NCCCN2CC(C)OC(C)C2)c1. The Balaban J connectivity index is 1.74. The molecule has 0 radical (unpaired) electrons. The summed E-state index contributed by atoms with van der Waals surface area (Å²) in [5.41, 5.74) is 9.41. The summed E-state index contributed by atoms with van der Waals surface area (Å²) in [6, 6.07) is 6.29. The monoisotopic (exact) mass is 318 g/mol. The molecule has 5 heteroatoms. The maximum Gasteiger partial charge on any atom is 0.193 e. The number of guanidine groups is 1. The first-order chi connectivity index (χ1) is 10.9. The highest BCUT2D eigenvalue weighted by Gasteiger charge is 2.21. The van der Waals surface area contributed by atoms with Gasteiger partial charge in [-0.15, -0.1) is 0 Å². The van der Waals surface area contributed by atoms with E-state index in [1.165, 1.54) is 11.1 Å². The molecule has 0 aromatic heterocycles. The van der Waals surface area contributed by atoms with Gasteiger partial charge in [-0.1, -0.05) is 6.07 Å². The maximum atomic E-state index is 5.97. The minimum absolute atomic E-state index is 0.318. The van der Waals surface area contributed by atoms with Crippen LogP contribution in [0.2, 0.25) is 0 Å². The van der Waals surface area contributed by atoms with Gasteiger partial charge in [0.15, 0.2) is 5.96 Å². The van der Waals surface area contributed by atoms with Gasteiger partial charge >= 0.3 is 0 Å². The van der Waals surface area contributed by atoms with Crippen molar-refractivity contribution in [1.82, 2.24) is 4.90 Å². The van der Waals surface area contributed by atoms with E-state index < -0.39 is 0 Å². The molecule has 1 heterocycles. The zero-order chi connectivity index (χ0) is 16.8. The molecule has 0 spiro atoms. The Hall–Kier alpha value is -1.59. The Morgan fingerprint density at radius 3 is 2.43 bits per heavy atom. The summed E-state index contributed by atoms with van der Waals surface area (Å²) in [5, 5.41) is 3.17. The van der Waals surface area contributed by atoms with Crippen molar-refractivity contribution >= 4 is 11.6 Å². The number of aliphatic imine (C=N–C) groups is 1. The van der Waals surface area contributed by atoms with E-state index in [1.807, 2.05) is 0 Å². The van der Waals surface area contributed by atoms with Crippen LogP contribution in [-0.2, 0) is 4.74 Å². The van der Waals surface area contributed by atoms with Crippen molar-refractivity contribution in [2.24, 2.45) is 10.7 Å². The second kappa shape index (κ2) is 8.31. The second-order valence-corrected chi connectivity index (χ2v) is 6.64. The Kier molecular flexibility index (Phi) is 6.42. The summed E-state index contributed by atoms with van der Waals surface area (Å²) in [4.78, 5) is 6.87. The highest BCUT2D eigenvalue weighted by atomic mass is 16.5. The van der Waals surface area contributed by atoms with Crippen molar-refractivity contribution in [2.45, 2.75) is 46.3 Å². The van der Waals surface area contributed by atoms with E-state index in [4.69, 9.17) is 10.5 Å². The number of anilines is 1. The predicted octanol–water partition coefficient (Wildman–Crippen LogP) is 2.53. The summed E-state index contributed by atoms with van der Waals surface area (Å²) in [5.74, 6) is 0.485. The van der Waals surface area contributed by atoms with Crippen LogP contribution in [-0.4, -0.2) is 49.2 Å². The number of morpholine rings is 1. The van der Waals surface area contributed by atoms with Crippen LogP contribution in [0.4, 0.5) is 5.69 Å². The average molecular weight is 318 g/mol. The molecule has 128 valence electrons. The predicted molar refractivity (Wildman–Crippen MR) is 97.1 cm³/mol. The average Bonchev–Trinajstić information content (AvgIpc) is 2.41. The van der Waals surface area contributed by atoms with Crippen LogP contribution in [0.1, 0.15) is 31.4 Å². The summed E-state index contributed by atoms with van der Waals surface area (Å²) in [6.07, 6.45) is 1.64. The molecule has 1 aliphatic heterocycles. The molecule has 2 atom stereocenters. The van der Waals surface area contributed by atoms with Crippen molar-refractivity contribution in [3.8, 4) is 0 Å². The molecule has 1 aliphatic rings. The van der Waals surface area contributed by atoms with Gasteiger partial charge in [-0.2, -0.15) is 0 Å². The van der Waals surface area contributed by atoms with E-state index in [1.54, 1.807) is 0 Å². The van der Waals surface area contributed by atoms with Gasteiger partial charge in [0.05, 0.1) is 12.2 Å². The number of hydrogen-bond acceptors (Lipinski definition) is 3. The molecular weight excluding hydrogens is 288 g/mol. The van der Waals surface area contributed by atoms with Crippen LogP contribution < -0.4 is 11.1 Å². The van der Waals surface area contributed by atoms with E-state index in [9.17, 15) is 0 Å². The third kappa shape index (κ3) is 6.20. The van der Waals surface area contributed by atoms with Crippen molar-refractivity contribution in [1.29, 1.82) is 0 Å². The molecule has 1 fully saturated rings. The molecule has 2 rings (SSSR count). The maximum absolute atomic E-state index is 5.97. The second-order valence-electron chi connectivity index (χ2n) is 6.64. The molecule has 0 saturated carbocycles. The highest BCUT2D eigenvalue weighted by molar-refractivity contribution is 5.92. The number of benzene rings is 1. The van der Waals surface area contributed by atoms with Crippen LogP contribution in [0, 0.1) is 13.8 Å². The Bertz CT molecular complexity index is 514. The minimum atomic E-state index is 0.318. The molecule has 0 amide bonds. The first kappa shape index (κ1) is 17.8. The van der Waals surface area contributed by atoms with Gasteiger partial charge in [-0.25, -0.2) is 0 Å². The van der Waals surface area contributed by atoms with Gasteiger partial charge in [0.2, 0.25) is 0 Å². The molecule has 1 saturated heterocycles. The van der Waals surface area contributed by atoms with E-state index in [2.05, 4.69) is 61.1 Å². The largest absolute Gasteiger partial charge is 0.373 e. The lowest BCUT2D eigenvalue weighted by Crippen LogP contribution is -2.45. The molecule has 0 aliphatic carbocycles. The summed E-state index contributed by atoms with van der Waals surface area (Å²) in [7, 11) is 0. The van der Waals surface area contributed by atoms with Gasteiger partial charge < -0.3 is 15.8 Å². The Morgan fingerprint density at radius 1 is 1.22 bits per heavy atom. The Morgan fingerprint density at radius 2 is 1.83 bits per heavy atom. The molecule has 5 nitrogen and oxygen atoms in total. The molecule has 1 aromatic carbocycles. The van der Waals surface area contributed by atoms with Gasteiger partial charge in [0.25, 0.3) is 0 Å². The van der Waals surface area contributed by atoms with Gasteiger partial charge in [0, 0.05) is 31.9 Å². The molecule has 2 unspecified atom stereocenters. The van der Waals surface area contributed by atoms with E-state index in [-0.39, 0.29) is 0 Å². The highest BCUT2D eigenvalue weighted by Crippen LogP contribution is 2.13. The summed E-state index contributed by atoms with van der Waals surface area (Å²) >= 11 is 0. The van der Waals surface area contributed by atoms with E-state index in [0.29, 0.717) is 18.2 Å². The number of nitrogens with zero attached hydrogens (tertiary/aromatic N) is 2. The number of aryl methyl sites for hydroxylation is 2. The van der Waals surface area contributed by atoms with Crippen LogP contribution >= 0.6 is 0 Å². The minimum Gasteiger partial charge on any atom is -0.373 e. The topological polar surface area (TPSA) is 62.9 Å². The number of hydrogen-bond donors (Lipinski definition) is 2. The molecule has 23 heavy (non-hydrogen) atoms. The normalized spacial score (nSPS) is 23.0. The number of ether oxygens (including phenoxy) is 1. The fourth-order valence-corrected chi connectivity index (χ4v) is 3.20. The number of nitrogens with two attached hydrogens (primary N) is 1. The fraction of sp³-hybridized carbons (Fsp3) is 0.611. The van der Waals surface area contributed by atoms with Crippen LogP contribution in [0.3, 0.4) is 0 Å². The summed E-state index contributed by atoms with van der Waals surface area (Å²) < 4.78 is 5.75. The molecular formula is C18H30N4O. The molecule has 1 aromatic rings. The third-order valence-corrected chi connectivity index (χ3v) is 3.90. The fourth-order valence-electron chi connectivity index (χ4n) is 3.20. The van der Waals surface area contributed by atoms with Crippen molar-refractivity contribution < 1.29 is 4.74 Å². The van der Waals surface area contributed by atoms with Gasteiger partial charge in [-0.3, -0.25) is 9.89 Å². The van der Waals surface area contributed by atoms with Crippen LogP contribution in [0.15, 0.2) is 23.2 Å². The Labute approximate surface area is 139 Å². The van der Waals surface area contributed by atoms with Crippen molar-refractivity contribution in [3.05, 3.63) is 29.3 Å². The molecule has 3 N–H and O–H groups in total. The van der Waals surface area contributed by atoms with Gasteiger partial charge in [0.1, 0.15) is 0 Å². The lowest BCUT2D eigenvalue weighted by molar-refractivity contribution is -0.0679. The zero-order valence-electron chi connectivity index (χ0n) is 14.8. The van der Waals surface area contributed by atoms with Crippen molar-refractivity contribution in [2.75, 3.05) is 31.5 Å². The van der Waals surface area contributed by atoms with Crippen molar-refractivity contribution in [3.63, 3.8) is 0 Å². The first-order valence-corrected chi connectivity index (χ1v) is 8.45. The first-order valence-electron chi connectivity index (χ1n) is 8.45. The molecule has 0 bridgehead atoms. The van der Waals surface area contributed by atoms with Crippen LogP contribution in [0.25, 0.3) is 0 Å². The number of rotatable bonds is 5. The van der Waals surface area contributed by atoms with Gasteiger partial charge in [-0.05, 0) is 57.4 Å². The summed E-state index contributed by atoms with van der Waals surface area (Å²) in [6.45, 7) is 12.2. The number of nitrogens with one attached hydrogen (secondary N) is 1. The van der Waals surface area contributed by atoms with E-state index in [0.717, 1.165) is 38.3 Å². The van der Waals surface area contributed by atoms with Crippen LogP contribution in [0.5, 0.6) is 0 Å². The standard InChI is InChI=1S/C18H30N4O/c1-13-8-14(2)10-17(9-13)21-18(19)20-6-5-7-22-11-15(3)23-16(4)12-22/h8-10,15-16H,5-7,11-12H2,1-4H3,(H3,19,20,21). The quantitative estimate of drug-likeness (QED) is 0.497. The lowest BCUT2D eigenvalue weighted by Gasteiger charge is -2.35. The third-order valence-electron chi connectivity index (χ3n) is 3.90. The van der Waals surface area contributed by atoms with E-state index >= 15 is 0 Å². The zero-order valence-corrected chi connectivity index (χ0v) is 14.8. The smallest absolute Gasteiger partial charge is 0.193 e.